The van der Waals surface area contributed by atoms with E-state index >= 15 is 0 Å². The van der Waals surface area contributed by atoms with Gasteiger partial charge in [-0.2, -0.15) is 0 Å². The molecule has 1 saturated heterocycles. The van der Waals surface area contributed by atoms with Crippen LogP contribution < -0.4 is 11.1 Å². The molecule has 0 atom stereocenters. The molecule has 0 radical (unpaired) electrons. The smallest absolute Gasteiger partial charge is 0.341 e. The number of ether oxygens (including phenoxy) is 2. The van der Waals surface area contributed by atoms with E-state index in [1.54, 1.807) is 6.92 Å². The summed E-state index contributed by atoms with van der Waals surface area (Å²) in [6.07, 6.45) is 0.915. The summed E-state index contributed by atoms with van der Waals surface area (Å²) >= 11 is 0.955. The van der Waals surface area contributed by atoms with E-state index in [2.05, 4.69) is 5.32 Å². The number of nitrogens with two attached hydrogens (primary N) is 1. The number of hydrogen-bond acceptors (Lipinski definition) is 8. The highest BCUT2D eigenvalue weighted by Gasteiger charge is 2.26. The van der Waals surface area contributed by atoms with Crippen molar-refractivity contribution in [2.45, 2.75) is 25.9 Å². The van der Waals surface area contributed by atoms with Crippen molar-refractivity contribution >= 4 is 34.1 Å². The second-order valence-corrected chi connectivity index (χ2v) is 7.33. The average Bonchev–Trinajstić information content (AvgIpc) is 2.93. The van der Waals surface area contributed by atoms with E-state index in [1.807, 2.05) is 4.90 Å². The number of nitrogens with zero attached hydrogens (tertiary/aromatic N) is 1. The molecule has 150 valence electrons. The molecule has 1 aliphatic rings. The Balaban J connectivity index is 2.11. The second-order valence-electron chi connectivity index (χ2n) is 6.31. The summed E-state index contributed by atoms with van der Waals surface area (Å²) in [5.74, 6) is -1.63. The molecule has 9 nitrogen and oxygen atoms in total. The third kappa shape index (κ3) is 5.73. The first-order chi connectivity index (χ1) is 12.8. The van der Waals surface area contributed by atoms with Gasteiger partial charge in [-0.25, -0.2) is 4.79 Å². The number of rotatable bonds is 8. The lowest BCUT2D eigenvalue weighted by molar-refractivity contribution is -0.117. The zero-order chi connectivity index (χ0) is 20.0. The van der Waals surface area contributed by atoms with Gasteiger partial charge in [0.1, 0.15) is 11.6 Å². The molecule has 0 saturated carbocycles. The highest BCUT2D eigenvalue weighted by Crippen LogP contribution is 2.33. The molecule has 2 rings (SSSR count). The predicted octanol–water partition coefficient (Wildman–Crippen LogP) is 0.354. The maximum atomic E-state index is 12.4. The van der Waals surface area contributed by atoms with Crippen LogP contribution in [0.3, 0.4) is 0 Å². The molecule has 2 heterocycles. The number of amides is 2. The highest BCUT2D eigenvalue weighted by atomic mass is 32.1. The fraction of sp³-hybridized carbons (Fsp3) is 0.588. The van der Waals surface area contributed by atoms with Crippen molar-refractivity contribution in [2.75, 3.05) is 45.3 Å². The lowest BCUT2D eigenvalue weighted by Gasteiger charge is -2.28. The highest BCUT2D eigenvalue weighted by molar-refractivity contribution is 7.18. The maximum absolute atomic E-state index is 12.4. The first-order valence-electron chi connectivity index (χ1n) is 8.63. The van der Waals surface area contributed by atoms with E-state index < -0.39 is 11.9 Å². The quantitative estimate of drug-likeness (QED) is 0.425. The molecule has 4 N–H and O–H groups in total. The van der Waals surface area contributed by atoms with Crippen LogP contribution in [0.2, 0.25) is 0 Å². The van der Waals surface area contributed by atoms with Gasteiger partial charge in [-0.05, 0) is 25.3 Å². The van der Waals surface area contributed by atoms with Crippen LogP contribution in [0.25, 0.3) is 0 Å². The number of piperidine rings is 1. The third-order valence-electron chi connectivity index (χ3n) is 4.27. The number of aliphatic hydroxyl groups is 1. The molecule has 1 aliphatic heterocycles. The molecule has 0 spiro atoms. The van der Waals surface area contributed by atoms with Crippen molar-refractivity contribution in [3.05, 3.63) is 16.0 Å². The number of esters is 1. The monoisotopic (exact) mass is 399 g/mol. The molecule has 1 aromatic heterocycles. The summed E-state index contributed by atoms with van der Waals surface area (Å²) in [4.78, 5) is 38.5. The van der Waals surface area contributed by atoms with Crippen LogP contribution in [0.1, 0.15) is 38.4 Å². The molecule has 0 aromatic carbocycles. The Morgan fingerprint density at radius 1 is 1.30 bits per heavy atom. The largest absolute Gasteiger partial charge is 0.460 e. The zero-order valence-corrected chi connectivity index (χ0v) is 16.3. The van der Waals surface area contributed by atoms with E-state index in [0.717, 1.165) is 11.3 Å². The van der Waals surface area contributed by atoms with Crippen LogP contribution in [0.5, 0.6) is 0 Å². The Labute approximate surface area is 161 Å². The molecule has 1 fully saturated rings. The van der Waals surface area contributed by atoms with Crippen LogP contribution in [0.4, 0.5) is 5.00 Å². The second kappa shape index (κ2) is 9.79. The fourth-order valence-corrected chi connectivity index (χ4v) is 3.88. The minimum Gasteiger partial charge on any atom is -0.460 e. The summed E-state index contributed by atoms with van der Waals surface area (Å²) in [7, 11) is 1.49. The lowest BCUT2D eigenvalue weighted by Crippen LogP contribution is -2.40. The Hall–Kier alpha value is -2.01. The minimum absolute atomic E-state index is 0.0556. The van der Waals surface area contributed by atoms with Gasteiger partial charge >= 0.3 is 5.97 Å². The van der Waals surface area contributed by atoms with Crippen LogP contribution in [0.15, 0.2) is 0 Å². The Morgan fingerprint density at radius 3 is 2.56 bits per heavy atom. The predicted molar refractivity (Wildman–Crippen MR) is 100 cm³/mol. The van der Waals surface area contributed by atoms with Gasteiger partial charge < -0.3 is 25.6 Å². The van der Waals surface area contributed by atoms with Crippen molar-refractivity contribution in [2.24, 2.45) is 5.73 Å². The number of aliphatic hydroxyl groups excluding tert-OH is 1. The molecule has 0 aliphatic carbocycles. The molecular weight excluding hydrogens is 374 g/mol. The standard InChI is InChI=1S/C17H25N3O6S/c1-10-13(17(24)26-8-7-25-2)16(27-14(10)15(18)23)19-12(22)9-20-5-3-11(21)4-6-20/h11,21H,3-9H2,1-2H3,(H2,18,23)(H,19,22). The average molecular weight is 399 g/mol. The Bertz CT molecular complexity index is 697. The fourth-order valence-electron chi connectivity index (χ4n) is 2.82. The molecular formula is C17H25N3O6S. The normalized spacial score (nSPS) is 15.5. The van der Waals surface area contributed by atoms with Crippen molar-refractivity contribution < 1.29 is 29.0 Å². The SMILES string of the molecule is COCCOC(=O)c1c(NC(=O)CN2CCC(O)CC2)sc(C(N)=O)c1C. The third-order valence-corrected chi connectivity index (χ3v) is 5.49. The lowest BCUT2D eigenvalue weighted by atomic mass is 10.1. The maximum Gasteiger partial charge on any atom is 0.341 e. The molecule has 0 bridgehead atoms. The van der Waals surface area contributed by atoms with Gasteiger partial charge in [0.05, 0.1) is 29.7 Å². The van der Waals surface area contributed by atoms with Gasteiger partial charge in [0.25, 0.3) is 5.91 Å². The summed E-state index contributed by atoms with van der Waals surface area (Å²) in [5, 5.41) is 12.5. The summed E-state index contributed by atoms with van der Waals surface area (Å²) in [6, 6.07) is 0. The zero-order valence-electron chi connectivity index (χ0n) is 15.4. The molecule has 2 amide bonds. The van der Waals surface area contributed by atoms with E-state index in [9.17, 15) is 19.5 Å². The summed E-state index contributed by atoms with van der Waals surface area (Å²) in [5.41, 5.74) is 5.88. The number of anilines is 1. The summed E-state index contributed by atoms with van der Waals surface area (Å²) < 4.78 is 9.97. The Morgan fingerprint density at radius 2 is 1.96 bits per heavy atom. The van der Waals surface area contributed by atoms with Gasteiger partial charge in [-0.3, -0.25) is 14.5 Å². The topological polar surface area (TPSA) is 131 Å². The van der Waals surface area contributed by atoms with Crippen molar-refractivity contribution in [1.82, 2.24) is 4.90 Å². The number of likely N-dealkylation sites (tertiary alicyclic amines) is 1. The van der Waals surface area contributed by atoms with E-state index in [4.69, 9.17) is 15.2 Å². The molecule has 1 aromatic rings. The number of methoxy groups -OCH3 is 1. The number of carbonyl (C=O) groups excluding carboxylic acids is 3. The molecule has 0 unspecified atom stereocenters. The first-order valence-corrected chi connectivity index (χ1v) is 9.44. The van der Waals surface area contributed by atoms with Gasteiger partial charge in [-0.1, -0.05) is 0 Å². The van der Waals surface area contributed by atoms with Gasteiger partial charge in [0.15, 0.2) is 0 Å². The first kappa shape index (κ1) is 21.3. The van der Waals surface area contributed by atoms with Crippen molar-refractivity contribution in [3.63, 3.8) is 0 Å². The van der Waals surface area contributed by atoms with Crippen molar-refractivity contribution in [1.29, 1.82) is 0 Å². The number of primary amides is 1. The van der Waals surface area contributed by atoms with Gasteiger partial charge in [0, 0.05) is 20.2 Å². The van der Waals surface area contributed by atoms with E-state index in [1.165, 1.54) is 7.11 Å². The van der Waals surface area contributed by atoms with E-state index in [0.29, 0.717) is 31.5 Å². The molecule has 27 heavy (non-hydrogen) atoms. The number of carbonyl (C=O) groups is 3. The van der Waals surface area contributed by atoms with Crippen LogP contribution >= 0.6 is 11.3 Å². The summed E-state index contributed by atoms with van der Waals surface area (Å²) in [6.45, 7) is 3.26. The number of thiophene rings is 1. The van der Waals surface area contributed by atoms with E-state index in [-0.39, 0.29) is 47.2 Å². The van der Waals surface area contributed by atoms with Crippen molar-refractivity contribution in [3.8, 4) is 0 Å². The van der Waals surface area contributed by atoms with Crippen LogP contribution in [0, 0.1) is 6.92 Å². The van der Waals surface area contributed by atoms with Gasteiger partial charge in [0.2, 0.25) is 5.91 Å². The number of hydrogen-bond donors (Lipinski definition) is 3. The van der Waals surface area contributed by atoms with Crippen LogP contribution in [-0.2, 0) is 14.3 Å². The Kier molecular flexibility index (Phi) is 7.72. The van der Waals surface area contributed by atoms with Crippen LogP contribution in [-0.4, -0.2) is 73.9 Å². The molecule has 10 heteroatoms. The number of nitrogens with one attached hydrogen (secondary N) is 1. The minimum atomic E-state index is -0.672. The van der Waals surface area contributed by atoms with Gasteiger partial charge in [-0.15, -0.1) is 11.3 Å².